The highest BCUT2D eigenvalue weighted by Crippen LogP contribution is 2.34. The fraction of sp³-hybridized carbons (Fsp3) is 0.526. The topological polar surface area (TPSA) is 38.3 Å². The van der Waals surface area contributed by atoms with Crippen molar-refractivity contribution in [2.24, 2.45) is 11.8 Å². The molecule has 1 saturated heterocycles. The minimum absolute atomic E-state index is 0.134. The van der Waals surface area contributed by atoms with Crippen molar-refractivity contribution in [3.63, 3.8) is 0 Å². The van der Waals surface area contributed by atoms with E-state index in [-0.39, 0.29) is 12.0 Å². The van der Waals surface area contributed by atoms with Gasteiger partial charge in [0.25, 0.3) is 0 Å². The fourth-order valence-electron chi connectivity index (χ4n) is 3.04. The van der Waals surface area contributed by atoms with E-state index in [1.165, 1.54) is 6.42 Å². The molecular formula is C19H29NO2. The van der Waals surface area contributed by atoms with Crippen molar-refractivity contribution in [3.8, 4) is 0 Å². The van der Waals surface area contributed by atoms with Crippen LogP contribution in [0.4, 0.5) is 0 Å². The summed E-state index contributed by atoms with van der Waals surface area (Å²) in [5, 5.41) is 2.70. The quantitative estimate of drug-likeness (QED) is 0.304. The molecule has 0 aromatic carbocycles. The summed E-state index contributed by atoms with van der Waals surface area (Å²) in [5.41, 5.74) is 3.30. The lowest BCUT2D eigenvalue weighted by Crippen LogP contribution is -2.33. The Bertz CT molecular complexity index is 442. The molecule has 1 N–H and O–H groups in total. The Morgan fingerprint density at radius 3 is 2.55 bits per heavy atom. The van der Waals surface area contributed by atoms with Gasteiger partial charge in [-0.05, 0) is 43.3 Å². The molecule has 3 atom stereocenters. The third-order valence-corrected chi connectivity index (χ3v) is 4.24. The van der Waals surface area contributed by atoms with Crippen LogP contribution in [-0.2, 0) is 9.53 Å². The van der Waals surface area contributed by atoms with Gasteiger partial charge in [-0.1, -0.05) is 44.4 Å². The number of rotatable bonds is 9. The van der Waals surface area contributed by atoms with Crippen LogP contribution in [0.1, 0.15) is 33.1 Å². The molecule has 0 aliphatic carbocycles. The molecular weight excluding hydrogens is 274 g/mol. The predicted octanol–water partition coefficient (Wildman–Crippen LogP) is 3.80. The summed E-state index contributed by atoms with van der Waals surface area (Å²) in [6.07, 6.45) is 7.55. The number of allylic oxidation sites excluding steroid dienone is 2. The molecule has 0 aromatic rings. The molecule has 0 saturated carbocycles. The molecule has 122 valence electrons. The van der Waals surface area contributed by atoms with Gasteiger partial charge in [0.15, 0.2) is 0 Å². The molecule has 1 aliphatic heterocycles. The van der Waals surface area contributed by atoms with Gasteiger partial charge in [0.2, 0.25) is 6.41 Å². The van der Waals surface area contributed by atoms with Crippen LogP contribution in [0.2, 0.25) is 0 Å². The van der Waals surface area contributed by atoms with Crippen molar-refractivity contribution in [2.45, 2.75) is 39.2 Å². The first kappa shape index (κ1) is 18.4. The van der Waals surface area contributed by atoms with E-state index >= 15 is 0 Å². The highest BCUT2D eigenvalue weighted by atomic mass is 16.5. The smallest absolute Gasteiger partial charge is 0.207 e. The Kier molecular flexibility index (Phi) is 7.89. The van der Waals surface area contributed by atoms with Gasteiger partial charge in [0.1, 0.15) is 0 Å². The van der Waals surface area contributed by atoms with Crippen LogP contribution in [0.15, 0.2) is 48.6 Å². The summed E-state index contributed by atoms with van der Waals surface area (Å²) in [6.45, 7) is 17.7. The van der Waals surface area contributed by atoms with Crippen LogP contribution in [0.5, 0.6) is 0 Å². The van der Waals surface area contributed by atoms with Crippen molar-refractivity contribution in [1.29, 1.82) is 0 Å². The first-order valence-electron chi connectivity index (χ1n) is 7.97. The third kappa shape index (κ3) is 4.99. The summed E-state index contributed by atoms with van der Waals surface area (Å²) >= 11 is 0. The number of hydrogen-bond acceptors (Lipinski definition) is 2. The molecule has 0 bridgehead atoms. The van der Waals surface area contributed by atoms with Crippen LogP contribution >= 0.6 is 0 Å². The van der Waals surface area contributed by atoms with E-state index in [1.807, 2.05) is 19.1 Å². The van der Waals surface area contributed by atoms with Crippen molar-refractivity contribution < 1.29 is 9.53 Å². The minimum atomic E-state index is 0.134. The van der Waals surface area contributed by atoms with E-state index in [1.54, 1.807) is 0 Å². The van der Waals surface area contributed by atoms with E-state index in [2.05, 4.69) is 32.0 Å². The molecule has 0 aromatic heterocycles. The van der Waals surface area contributed by atoms with Crippen LogP contribution in [0.3, 0.4) is 0 Å². The lowest BCUT2D eigenvalue weighted by Gasteiger charge is -2.35. The Balaban J connectivity index is 3.02. The van der Waals surface area contributed by atoms with E-state index in [0.717, 1.165) is 42.6 Å². The maximum atomic E-state index is 10.4. The van der Waals surface area contributed by atoms with Gasteiger partial charge >= 0.3 is 0 Å². The van der Waals surface area contributed by atoms with E-state index in [0.29, 0.717) is 12.5 Å². The summed E-state index contributed by atoms with van der Waals surface area (Å²) in [5.74, 6) is 0.753. The van der Waals surface area contributed by atoms with Crippen molar-refractivity contribution in [1.82, 2.24) is 5.32 Å². The highest BCUT2D eigenvalue weighted by molar-refractivity contribution is 5.46. The third-order valence-electron chi connectivity index (χ3n) is 4.24. The Morgan fingerprint density at radius 2 is 2.09 bits per heavy atom. The largest absolute Gasteiger partial charge is 0.377 e. The zero-order valence-electron chi connectivity index (χ0n) is 13.9. The molecule has 0 spiro atoms. The number of carbonyl (C=O) groups excluding carboxylic acids is 1. The lowest BCUT2D eigenvalue weighted by molar-refractivity contribution is -0.109. The average molecular weight is 303 g/mol. The maximum Gasteiger partial charge on any atom is 0.207 e. The van der Waals surface area contributed by atoms with E-state index in [9.17, 15) is 4.79 Å². The number of amides is 1. The predicted molar refractivity (Wildman–Crippen MR) is 92.5 cm³/mol. The number of ether oxygens (including phenoxy) is 1. The molecule has 3 nitrogen and oxygen atoms in total. The standard InChI is InChI=1S/C19H29NO2/c1-6-16(10-11-20-13-21)17(7-2)19(14(3)4)18-9-8-15(5)12-22-18/h6-7,13,15,18-19H,1-3,8-12H2,4-5H3,(H,20,21)/b17-16-/t15?,18?,19-/m0/s1. The molecule has 1 rings (SSSR count). The number of nitrogens with one attached hydrogen (secondary N) is 1. The highest BCUT2D eigenvalue weighted by Gasteiger charge is 2.30. The number of carbonyl (C=O) groups is 1. The van der Waals surface area contributed by atoms with E-state index < -0.39 is 0 Å². The molecule has 0 radical (unpaired) electrons. The van der Waals surface area contributed by atoms with Crippen molar-refractivity contribution in [3.05, 3.63) is 48.6 Å². The second-order valence-electron chi connectivity index (χ2n) is 6.09. The number of hydrogen-bond donors (Lipinski definition) is 1. The van der Waals surface area contributed by atoms with Crippen molar-refractivity contribution in [2.75, 3.05) is 13.2 Å². The maximum absolute atomic E-state index is 10.4. The second kappa shape index (κ2) is 9.42. The monoisotopic (exact) mass is 303 g/mol. The Hall–Kier alpha value is -1.61. The first-order valence-corrected chi connectivity index (χ1v) is 7.97. The Morgan fingerprint density at radius 1 is 1.36 bits per heavy atom. The first-order chi connectivity index (χ1) is 10.5. The summed E-state index contributed by atoms with van der Waals surface area (Å²) in [6, 6.07) is 0. The van der Waals surface area contributed by atoms with Gasteiger partial charge in [-0.15, -0.1) is 0 Å². The lowest BCUT2D eigenvalue weighted by atomic mass is 9.80. The SMILES string of the molecule is C=C/C(CCNC=O)=C(\C=C)[C@H](C(=C)C)C1CCC(C)CO1. The minimum Gasteiger partial charge on any atom is -0.377 e. The van der Waals surface area contributed by atoms with Crippen LogP contribution in [0.25, 0.3) is 0 Å². The summed E-state index contributed by atoms with van der Waals surface area (Å²) in [4.78, 5) is 10.4. The van der Waals surface area contributed by atoms with Gasteiger partial charge in [-0.2, -0.15) is 0 Å². The fourth-order valence-corrected chi connectivity index (χ4v) is 3.04. The molecule has 3 heteroatoms. The van der Waals surface area contributed by atoms with E-state index in [4.69, 9.17) is 4.74 Å². The van der Waals surface area contributed by atoms with Gasteiger partial charge in [-0.25, -0.2) is 0 Å². The molecule has 2 unspecified atom stereocenters. The zero-order chi connectivity index (χ0) is 16.5. The molecule has 1 amide bonds. The van der Waals surface area contributed by atoms with Crippen LogP contribution in [0, 0.1) is 11.8 Å². The zero-order valence-corrected chi connectivity index (χ0v) is 13.9. The molecule has 22 heavy (non-hydrogen) atoms. The normalized spacial score (nSPS) is 23.9. The van der Waals surface area contributed by atoms with Gasteiger partial charge in [-0.3, -0.25) is 4.79 Å². The van der Waals surface area contributed by atoms with Gasteiger partial charge < -0.3 is 10.1 Å². The Labute approximate surface area is 134 Å². The van der Waals surface area contributed by atoms with Gasteiger partial charge in [0, 0.05) is 19.1 Å². The van der Waals surface area contributed by atoms with Crippen molar-refractivity contribution >= 4 is 6.41 Å². The molecule has 1 fully saturated rings. The van der Waals surface area contributed by atoms with Crippen LogP contribution < -0.4 is 5.32 Å². The summed E-state index contributed by atoms with van der Waals surface area (Å²) in [7, 11) is 0. The summed E-state index contributed by atoms with van der Waals surface area (Å²) < 4.78 is 6.07. The van der Waals surface area contributed by atoms with Gasteiger partial charge in [0.05, 0.1) is 6.10 Å². The second-order valence-corrected chi connectivity index (χ2v) is 6.09. The average Bonchev–Trinajstić information content (AvgIpc) is 2.51. The molecule has 1 heterocycles. The molecule has 1 aliphatic rings. The van der Waals surface area contributed by atoms with Crippen LogP contribution in [-0.4, -0.2) is 25.7 Å².